The quantitative estimate of drug-likeness (QED) is 0.665. The molecule has 0 spiro atoms. The molecular weight excluding hydrogens is 326 g/mol. The standard InChI is InChI=1S/C19H22ClNO3/c1-13-7-5-10-17(14(13)2)24-12-4-3-11-21-18-15(19(22)23)8-6-9-16(18)20/h5-10,21H,3-4,11-12H2,1-2H3,(H,22,23). The van der Waals surface area contributed by atoms with Gasteiger partial charge in [0.15, 0.2) is 0 Å². The van der Waals surface area contributed by atoms with Crippen LogP contribution in [0.1, 0.15) is 34.3 Å². The van der Waals surface area contributed by atoms with Crippen molar-refractivity contribution in [3.63, 3.8) is 0 Å². The maximum atomic E-state index is 11.2. The number of benzene rings is 2. The van der Waals surface area contributed by atoms with E-state index < -0.39 is 5.97 Å². The summed E-state index contributed by atoms with van der Waals surface area (Å²) in [5.74, 6) is -0.0690. The van der Waals surface area contributed by atoms with Crippen LogP contribution in [0.2, 0.25) is 5.02 Å². The second-order valence-electron chi connectivity index (χ2n) is 5.65. The molecular formula is C19H22ClNO3. The van der Waals surface area contributed by atoms with Gasteiger partial charge < -0.3 is 15.2 Å². The summed E-state index contributed by atoms with van der Waals surface area (Å²) in [6.07, 6.45) is 1.72. The van der Waals surface area contributed by atoms with Gasteiger partial charge in [0.2, 0.25) is 0 Å². The fourth-order valence-electron chi connectivity index (χ4n) is 2.39. The van der Waals surface area contributed by atoms with Crippen molar-refractivity contribution in [3.05, 3.63) is 58.1 Å². The molecule has 2 rings (SSSR count). The van der Waals surface area contributed by atoms with E-state index in [0.717, 1.165) is 24.2 Å². The minimum Gasteiger partial charge on any atom is -0.493 e. The second kappa shape index (κ2) is 8.60. The molecule has 24 heavy (non-hydrogen) atoms. The van der Waals surface area contributed by atoms with Crippen LogP contribution in [0.4, 0.5) is 5.69 Å². The third-order valence-corrected chi connectivity index (χ3v) is 4.24. The van der Waals surface area contributed by atoms with E-state index in [4.69, 9.17) is 16.3 Å². The van der Waals surface area contributed by atoms with Crippen molar-refractivity contribution in [2.45, 2.75) is 26.7 Å². The maximum absolute atomic E-state index is 11.2. The van der Waals surface area contributed by atoms with Crippen LogP contribution in [0.25, 0.3) is 0 Å². The van der Waals surface area contributed by atoms with Gasteiger partial charge in [0, 0.05) is 6.54 Å². The molecule has 0 aliphatic rings. The van der Waals surface area contributed by atoms with Gasteiger partial charge >= 0.3 is 5.97 Å². The van der Waals surface area contributed by atoms with Crippen LogP contribution >= 0.6 is 11.6 Å². The van der Waals surface area contributed by atoms with Crippen LogP contribution < -0.4 is 10.1 Å². The molecule has 0 unspecified atom stereocenters. The van der Waals surface area contributed by atoms with Crippen LogP contribution in [0, 0.1) is 13.8 Å². The third-order valence-electron chi connectivity index (χ3n) is 3.93. The van der Waals surface area contributed by atoms with E-state index >= 15 is 0 Å². The Labute approximate surface area is 147 Å². The van der Waals surface area contributed by atoms with Gasteiger partial charge in [-0.05, 0) is 56.0 Å². The van der Waals surface area contributed by atoms with E-state index in [2.05, 4.69) is 25.2 Å². The lowest BCUT2D eigenvalue weighted by Crippen LogP contribution is -2.09. The molecule has 0 radical (unpaired) electrons. The lowest BCUT2D eigenvalue weighted by molar-refractivity contribution is 0.0698. The predicted molar refractivity (Wildman–Crippen MR) is 97.5 cm³/mol. The van der Waals surface area contributed by atoms with Crippen molar-refractivity contribution in [2.75, 3.05) is 18.5 Å². The van der Waals surface area contributed by atoms with E-state index in [-0.39, 0.29) is 5.56 Å². The second-order valence-corrected chi connectivity index (χ2v) is 6.06. The van der Waals surface area contributed by atoms with Gasteiger partial charge in [-0.15, -0.1) is 0 Å². The summed E-state index contributed by atoms with van der Waals surface area (Å²) in [5.41, 5.74) is 3.04. The van der Waals surface area contributed by atoms with Gasteiger partial charge in [-0.25, -0.2) is 4.79 Å². The average molecular weight is 348 g/mol. The largest absolute Gasteiger partial charge is 0.493 e. The smallest absolute Gasteiger partial charge is 0.337 e. The molecule has 2 aromatic carbocycles. The summed E-state index contributed by atoms with van der Waals surface area (Å²) in [6.45, 7) is 5.38. The number of nitrogens with one attached hydrogen (secondary N) is 1. The zero-order chi connectivity index (χ0) is 17.5. The first-order valence-electron chi connectivity index (χ1n) is 7.95. The molecule has 4 nitrogen and oxygen atoms in total. The van der Waals surface area contributed by atoms with Gasteiger partial charge in [0.05, 0.1) is 22.9 Å². The summed E-state index contributed by atoms with van der Waals surface area (Å²) >= 11 is 6.08. The number of carboxylic acid groups (broad SMARTS) is 1. The highest BCUT2D eigenvalue weighted by atomic mass is 35.5. The molecule has 5 heteroatoms. The Morgan fingerprint density at radius 1 is 1.17 bits per heavy atom. The number of aryl methyl sites for hydroxylation is 1. The number of carboxylic acids is 1. The highest BCUT2D eigenvalue weighted by Crippen LogP contribution is 2.26. The normalized spacial score (nSPS) is 10.5. The monoisotopic (exact) mass is 347 g/mol. The number of rotatable bonds is 8. The van der Waals surface area contributed by atoms with Crippen LogP contribution in [-0.4, -0.2) is 24.2 Å². The summed E-state index contributed by atoms with van der Waals surface area (Å²) < 4.78 is 5.81. The lowest BCUT2D eigenvalue weighted by Gasteiger charge is -2.12. The van der Waals surface area contributed by atoms with Gasteiger partial charge in [0.1, 0.15) is 5.75 Å². The Hall–Kier alpha value is -2.20. The van der Waals surface area contributed by atoms with Crippen LogP contribution in [-0.2, 0) is 0 Å². The number of hydrogen-bond acceptors (Lipinski definition) is 3. The zero-order valence-electron chi connectivity index (χ0n) is 13.9. The first-order valence-corrected chi connectivity index (χ1v) is 8.33. The van der Waals surface area contributed by atoms with Crippen molar-refractivity contribution in [1.29, 1.82) is 0 Å². The molecule has 0 aliphatic heterocycles. The minimum atomic E-state index is -0.988. The van der Waals surface area contributed by atoms with E-state index in [1.165, 1.54) is 5.56 Å². The van der Waals surface area contributed by atoms with Crippen LogP contribution in [0.15, 0.2) is 36.4 Å². The Bertz CT molecular complexity index is 716. The Morgan fingerprint density at radius 2 is 1.92 bits per heavy atom. The van der Waals surface area contributed by atoms with Gasteiger partial charge in [-0.3, -0.25) is 0 Å². The fraction of sp³-hybridized carbons (Fsp3) is 0.316. The molecule has 0 amide bonds. The summed E-state index contributed by atoms with van der Waals surface area (Å²) in [7, 11) is 0. The number of para-hydroxylation sites is 1. The van der Waals surface area contributed by atoms with Crippen molar-refractivity contribution in [1.82, 2.24) is 0 Å². The van der Waals surface area contributed by atoms with E-state index in [0.29, 0.717) is 23.9 Å². The highest BCUT2D eigenvalue weighted by Gasteiger charge is 2.12. The number of unbranched alkanes of at least 4 members (excludes halogenated alkanes) is 1. The topological polar surface area (TPSA) is 58.6 Å². The van der Waals surface area contributed by atoms with Gasteiger partial charge in [-0.1, -0.05) is 29.8 Å². The van der Waals surface area contributed by atoms with E-state index in [1.54, 1.807) is 18.2 Å². The van der Waals surface area contributed by atoms with E-state index in [9.17, 15) is 9.90 Å². The lowest BCUT2D eigenvalue weighted by atomic mass is 10.1. The fourth-order valence-corrected chi connectivity index (χ4v) is 2.63. The number of aromatic carboxylic acids is 1. The summed E-state index contributed by atoms with van der Waals surface area (Å²) in [4.78, 5) is 11.2. The number of anilines is 1. The van der Waals surface area contributed by atoms with E-state index in [1.807, 2.05) is 12.1 Å². The van der Waals surface area contributed by atoms with Crippen molar-refractivity contribution >= 4 is 23.3 Å². The third kappa shape index (κ3) is 4.65. The molecule has 2 N–H and O–H groups in total. The predicted octanol–water partition coefficient (Wildman–Crippen LogP) is 4.93. The Kier molecular flexibility index (Phi) is 6.50. The van der Waals surface area contributed by atoms with Crippen LogP contribution in [0.3, 0.4) is 0 Å². The SMILES string of the molecule is Cc1cccc(OCCCCNc2c(Cl)cccc2C(=O)O)c1C. The summed E-state index contributed by atoms with van der Waals surface area (Å²) in [6, 6.07) is 10.9. The molecule has 2 aromatic rings. The number of carbonyl (C=O) groups is 1. The maximum Gasteiger partial charge on any atom is 0.337 e. The molecule has 0 atom stereocenters. The van der Waals surface area contributed by atoms with Crippen molar-refractivity contribution < 1.29 is 14.6 Å². The molecule has 0 bridgehead atoms. The van der Waals surface area contributed by atoms with Crippen molar-refractivity contribution in [2.24, 2.45) is 0 Å². The number of ether oxygens (including phenoxy) is 1. The molecule has 0 saturated heterocycles. The first-order chi connectivity index (χ1) is 11.5. The zero-order valence-corrected chi connectivity index (χ0v) is 14.7. The van der Waals surface area contributed by atoms with Crippen LogP contribution in [0.5, 0.6) is 5.75 Å². The molecule has 0 heterocycles. The molecule has 0 aliphatic carbocycles. The highest BCUT2D eigenvalue weighted by molar-refractivity contribution is 6.34. The number of halogens is 1. The first kappa shape index (κ1) is 18.1. The van der Waals surface area contributed by atoms with Gasteiger partial charge in [0.25, 0.3) is 0 Å². The molecule has 128 valence electrons. The molecule has 0 saturated carbocycles. The Balaban J connectivity index is 1.78. The molecule has 0 fully saturated rings. The minimum absolute atomic E-state index is 0.189. The molecule has 0 aromatic heterocycles. The van der Waals surface area contributed by atoms with Gasteiger partial charge in [-0.2, -0.15) is 0 Å². The number of hydrogen-bond donors (Lipinski definition) is 2. The summed E-state index contributed by atoms with van der Waals surface area (Å²) in [5, 5.41) is 12.7. The average Bonchev–Trinajstić information content (AvgIpc) is 2.55. The Morgan fingerprint density at radius 3 is 2.67 bits per heavy atom. The van der Waals surface area contributed by atoms with Crippen molar-refractivity contribution in [3.8, 4) is 5.75 Å².